The van der Waals surface area contributed by atoms with Gasteiger partial charge in [0.2, 0.25) is 0 Å². The van der Waals surface area contributed by atoms with Gasteiger partial charge >= 0.3 is 5.97 Å². The summed E-state index contributed by atoms with van der Waals surface area (Å²) >= 11 is 1.71. The SMILES string of the molecule is COC(=O)CC=Cc1ccc(-c2ccccc2)s1. The van der Waals surface area contributed by atoms with Crippen LogP contribution in [0.3, 0.4) is 0 Å². The van der Waals surface area contributed by atoms with Gasteiger partial charge in [-0.2, -0.15) is 0 Å². The van der Waals surface area contributed by atoms with E-state index in [1.165, 1.54) is 17.6 Å². The first-order valence-corrected chi connectivity index (χ1v) is 6.50. The van der Waals surface area contributed by atoms with Crippen LogP contribution in [0.25, 0.3) is 16.5 Å². The van der Waals surface area contributed by atoms with Crippen molar-refractivity contribution in [3.05, 3.63) is 53.4 Å². The molecule has 0 atom stereocenters. The third-order valence-corrected chi connectivity index (χ3v) is 3.58. The molecule has 0 radical (unpaired) electrons. The highest BCUT2D eigenvalue weighted by Gasteiger charge is 2.00. The van der Waals surface area contributed by atoms with Crippen LogP contribution < -0.4 is 0 Å². The van der Waals surface area contributed by atoms with Gasteiger partial charge in [-0.1, -0.05) is 36.4 Å². The van der Waals surface area contributed by atoms with E-state index in [0.29, 0.717) is 6.42 Å². The zero-order chi connectivity index (χ0) is 12.8. The lowest BCUT2D eigenvalue weighted by molar-refractivity contribution is -0.139. The quantitative estimate of drug-likeness (QED) is 0.775. The summed E-state index contributed by atoms with van der Waals surface area (Å²) in [4.78, 5) is 13.3. The van der Waals surface area contributed by atoms with Crippen LogP contribution in [-0.4, -0.2) is 13.1 Å². The molecular weight excluding hydrogens is 244 g/mol. The molecule has 2 rings (SSSR count). The largest absolute Gasteiger partial charge is 0.469 e. The van der Waals surface area contributed by atoms with Gasteiger partial charge in [-0.3, -0.25) is 4.79 Å². The maximum absolute atomic E-state index is 11.0. The number of hydrogen-bond donors (Lipinski definition) is 0. The van der Waals surface area contributed by atoms with Gasteiger partial charge in [-0.15, -0.1) is 11.3 Å². The van der Waals surface area contributed by atoms with Gasteiger partial charge in [0.15, 0.2) is 0 Å². The lowest BCUT2D eigenvalue weighted by atomic mass is 10.2. The zero-order valence-corrected chi connectivity index (χ0v) is 10.9. The minimum atomic E-state index is -0.217. The Morgan fingerprint density at radius 2 is 2.00 bits per heavy atom. The molecular formula is C15H14O2S. The number of methoxy groups -OCH3 is 1. The maximum Gasteiger partial charge on any atom is 0.309 e. The van der Waals surface area contributed by atoms with Crippen molar-refractivity contribution in [1.29, 1.82) is 0 Å². The van der Waals surface area contributed by atoms with Crippen molar-refractivity contribution in [3.63, 3.8) is 0 Å². The molecule has 0 aliphatic carbocycles. The summed E-state index contributed by atoms with van der Waals surface area (Å²) in [5, 5.41) is 0. The predicted octanol–water partition coefficient (Wildman–Crippen LogP) is 3.99. The Morgan fingerprint density at radius 1 is 1.22 bits per heavy atom. The fourth-order valence-corrected chi connectivity index (χ4v) is 2.50. The lowest BCUT2D eigenvalue weighted by Gasteiger charge is -1.94. The number of carbonyl (C=O) groups is 1. The summed E-state index contributed by atoms with van der Waals surface area (Å²) < 4.78 is 4.58. The van der Waals surface area contributed by atoms with E-state index >= 15 is 0 Å². The van der Waals surface area contributed by atoms with Crippen LogP contribution >= 0.6 is 11.3 Å². The number of esters is 1. The van der Waals surface area contributed by atoms with Crippen LogP contribution in [0.5, 0.6) is 0 Å². The van der Waals surface area contributed by atoms with E-state index in [9.17, 15) is 4.79 Å². The summed E-state index contributed by atoms with van der Waals surface area (Å²) in [5.41, 5.74) is 1.22. The van der Waals surface area contributed by atoms with Gasteiger partial charge in [0.05, 0.1) is 13.5 Å². The average Bonchev–Trinajstić information content (AvgIpc) is 2.88. The smallest absolute Gasteiger partial charge is 0.309 e. The molecule has 0 aliphatic rings. The first kappa shape index (κ1) is 12.6. The Labute approximate surface area is 111 Å². The summed E-state index contributed by atoms with van der Waals surface area (Å²) in [6.45, 7) is 0. The van der Waals surface area contributed by atoms with Crippen LogP contribution in [0.2, 0.25) is 0 Å². The maximum atomic E-state index is 11.0. The van der Waals surface area contributed by atoms with E-state index in [1.807, 2.05) is 30.4 Å². The number of ether oxygens (including phenoxy) is 1. The highest BCUT2D eigenvalue weighted by Crippen LogP contribution is 2.28. The van der Waals surface area contributed by atoms with Crippen molar-refractivity contribution in [2.45, 2.75) is 6.42 Å². The van der Waals surface area contributed by atoms with E-state index in [4.69, 9.17) is 0 Å². The van der Waals surface area contributed by atoms with Gasteiger partial charge in [-0.05, 0) is 23.8 Å². The number of carbonyl (C=O) groups excluding carboxylic acids is 1. The number of hydrogen-bond acceptors (Lipinski definition) is 3. The van der Waals surface area contributed by atoms with Crippen LogP contribution in [0.4, 0.5) is 0 Å². The molecule has 3 heteroatoms. The predicted molar refractivity (Wildman–Crippen MR) is 75.4 cm³/mol. The van der Waals surface area contributed by atoms with Gasteiger partial charge in [-0.25, -0.2) is 0 Å². The molecule has 2 aromatic rings. The fourth-order valence-electron chi connectivity index (χ4n) is 1.55. The zero-order valence-electron chi connectivity index (χ0n) is 10.1. The summed E-state index contributed by atoms with van der Waals surface area (Å²) in [7, 11) is 1.40. The molecule has 0 unspecified atom stereocenters. The molecule has 92 valence electrons. The molecule has 0 aliphatic heterocycles. The van der Waals surface area contributed by atoms with E-state index in [0.717, 1.165) is 4.88 Å². The summed E-state index contributed by atoms with van der Waals surface area (Å²) in [6, 6.07) is 14.4. The monoisotopic (exact) mass is 258 g/mol. The Balaban J connectivity index is 2.05. The van der Waals surface area contributed by atoms with Crippen molar-refractivity contribution < 1.29 is 9.53 Å². The van der Waals surface area contributed by atoms with Gasteiger partial charge in [0.1, 0.15) is 0 Å². The second kappa shape index (κ2) is 6.17. The second-order valence-corrected chi connectivity index (χ2v) is 4.87. The van der Waals surface area contributed by atoms with Crippen LogP contribution in [0.15, 0.2) is 48.5 Å². The topological polar surface area (TPSA) is 26.3 Å². The normalized spacial score (nSPS) is 10.7. The molecule has 0 bridgehead atoms. The molecule has 0 spiro atoms. The third kappa shape index (κ3) is 3.31. The molecule has 18 heavy (non-hydrogen) atoms. The molecule has 0 saturated heterocycles. The Kier molecular flexibility index (Phi) is 4.31. The minimum absolute atomic E-state index is 0.217. The highest BCUT2D eigenvalue weighted by molar-refractivity contribution is 7.16. The van der Waals surface area contributed by atoms with Crippen LogP contribution in [-0.2, 0) is 9.53 Å². The standard InChI is InChI=1S/C15H14O2S/c1-17-15(16)9-5-8-13-10-11-14(18-13)12-6-3-2-4-7-12/h2-8,10-11H,9H2,1H3. The molecule has 1 aromatic carbocycles. The van der Waals surface area contributed by atoms with Crippen LogP contribution in [0.1, 0.15) is 11.3 Å². The van der Waals surface area contributed by atoms with Crippen molar-refractivity contribution in [1.82, 2.24) is 0 Å². The molecule has 0 amide bonds. The van der Waals surface area contributed by atoms with E-state index in [2.05, 4.69) is 29.0 Å². The van der Waals surface area contributed by atoms with E-state index in [-0.39, 0.29) is 5.97 Å². The molecule has 1 aromatic heterocycles. The fraction of sp³-hybridized carbons (Fsp3) is 0.133. The van der Waals surface area contributed by atoms with E-state index < -0.39 is 0 Å². The third-order valence-electron chi connectivity index (χ3n) is 2.48. The Bertz CT molecular complexity index is 541. The molecule has 1 heterocycles. The number of rotatable bonds is 4. The highest BCUT2D eigenvalue weighted by atomic mass is 32.1. The van der Waals surface area contributed by atoms with Crippen LogP contribution in [0, 0.1) is 0 Å². The van der Waals surface area contributed by atoms with Crippen molar-refractivity contribution >= 4 is 23.4 Å². The second-order valence-electron chi connectivity index (χ2n) is 3.75. The number of benzene rings is 1. The summed E-state index contributed by atoms with van der Waals surface area (Å²) in [6.07, 6.45) is 4.09. The van der Waals surface area contributed by atoms with Gasteiger partial charge in [0.25, 0.3) is 0 Å². The van der Waals surface area contributed by atoms with Gasteiger partial charge in [0, 0.05) is 9.75 Å². The van der Waals surface area contributed by atoms with Crippen molar-refractivity contribution in [2.24, 2.45) is 0 Å². The molecule has 0 N–H and O–H groups in total. The van der Waals surface area contributed by atoms with Crippen molar-refractivity contribution in [2.75, 3.05) is 7.11 Å². The molecule has 2 nitrogen and oxygen atoms in total. The Hall–Kier alpha value is -1.87. The first-order valence-electron chi connectivity index (χ1n) is 5.68. The summed E-state index contributed by atoms with van der Waals surface area (Å²) in [5.74, 6) is -0.217. The minimum Gasteiger partial charge on any atom is -0.469 e. The lowest BCUT2D eigenvalue weighted by Crippen LogP contribution is -1.96. The number of thiophene rings is 1. The van der Waals surface area contributed by atoms with E-state index in [1.54, 1.807) is 11.3 Å². The average molecular weight is 258 g/mol. The van der Waals surface area contributed by atoms with Crippen molar-refractivity contribution in [3.8, 4) is 10.4 Å². The molecule has 0 fully saturated rings. The Morgan fingerprint density at radius 3 is 2.72 bits per heavy atom. The molecule has 0 saturated carbocycles. The van der Waals surface area contributed by atoms with Gasteiger partial charge < -0.3 is 4.74 Å². The first-order chi connectivity index (χ1) is 8.79.